The molecule has 1 saturated heterocycles. The molecule has 3 heterocycles. The number of carbonyl (C=O) groups excluding carboxylic acids is 1. The summed E-state index contributed by atoms with van der Waals surface area (Å²) in [4.78, 5) is 19.5. The number of aromatic nitrogens is 1. The van der Waals surface area contributed by atoms with Crippen LogP contribution in [0.25, 0.3) is 9.53 Å². The fourth-order valence-corrected chi connectivity index (χ4v) is 5.64. The Bertz CT molecular complexity index is 1390. The van der Waals surface area contributed by atoms with E-state index in [-0.39, 0.29) is 18.7 Å². The van der Waals surface area contributed by atoms with Gasteiger partial charge in [-0.05, 0) is 73.9 Å². The third-order valence-electron chi connectivity index (χ3n) is 6.18. The molecule has 0 saturated carbocycles. The summed E-state index contributed by atoms with van der Waals surface area (Å²) in [6, 6.07) is 17.2. The van der Waals surface area contributed by atoms with E-state index in [0.717, 1.165) is 39.7 Å². The van der Waals surface area contributed by atoms with Crippen LogP contribution in [0.3, 0.4) is 0 Å². The molecule has 0 radical (unpaired) electrons. The largest absolute Gasteiger partial charge is 0.457 e. The molecule has 0 bridgehead atoms. The zero-order valence-corrected chi connectivity index (χ0v) is 22.9. The maximum absolute atomic E-state index is 11.7. The predicted octanol–water partition coefficient (Wildman–Crippen LogP) is 8.71. The van der Waals surface area contributed by atoms with E-state index >= 15 is 0 Å². The van der Waals surface area contributed by atoms with Crippen LogP contribution in [0.4, 0.5) is 27.2 Å². The molecule has 4 aromatic rings. The van der Waals surface area contributed by atoms with E-state index in [1.165, 1.54) is 41.2 Å². The van der Waals surface area contributed by atoms with E-state index in [9.17, 15) is 4.79 Å². The van der Waals surface area contributed by atoms with Gasteiger partial charge >= 0.3 is 5.97 Å². The number of benzene rings is 2. The normalized spacial score (nSPS) is 14.6. The standard InChI is InChI=1S/C27H28N6O3S2/c1-3-18(2)26(34)36-17-35-22-12-8-20(9-13-22)29-31-24-16-23-25(38-24)28-27(37-23)32-30-19-6-10-21(11-7-19)33-14-4-5-15-33/h6-13,16,18H,3-5,14-15,17H2,1-2H3. The lowest BCUT2D eigenvalue weighted by molar-refractivity contribution is -0.154. The molecule has 0 N–H and O–H groups in total. The van der Waals surface area contributed by atoms with E-state index < -0.39 is 0 Å². The second-order valence-electron chi connectivity index (χ2n) is 8.89. The van der Waals surface area contributed by atoms with Gasteiger partial charge in [0.25, 0.3) is 0 Å². The van der Waals surface area contributed by atoms with Crippen LogP contribution in [0.2, 0.25) is 0 Å². The molecule has 2 aromatic carbocycles. The summed E-state index contributed by atoms with van der Waals surface area (Å²) in [6.45, 7) is 5.90. The van der Waals surface area contributed by atoms with Crippen LogP contribution in [-0.4, -0.2) is 30.8 Å². The van der Waals surface area contributed by atoms with Gasteiger partial charge in [0.15, 0.2) is 0 Å². The third kappa shape index (κ3) is 6.59. The van der Waals surface area contributed by atoms with Gasteiger partial charge in [0.1, 0.15) is 15.6 Å². The molecule has 1 unspecified atom stereocenters. The summed E-state index contributed by atoms with van der Waals surface area (Å²) < 4.78 is 11.6. The Balaban J connectivity index is 1.14. The van der Waals surface area contributed by atoms with Gasteiger partial charge in [0, 0.05) is 18.8 Å². The monoisotopic (exact) mass is 548 g/mol. The van der Waals surface area contributed by atoms with Crippen molar-refractivity contribution >= 4 is 65.4 Å². The number of esters is 1. The van der Waals surface area contributed by atoms with Crippen molar-refractivity contribution in [2.45, 2.75) is 33.1 Å². The predicted molar refractivity (Wildman–Crippen MR) is 151 cm³/mol. The van der Waals surface area contributed by atoms with Crippen molar-refractivity contribution in [3.8, 4) is 5.75 Å². The highest BCUT2D eigenvalue weighted by Crippen LogP contribution is 2.39. The molecular formula is C27H28N6O3S2. The first-order valence-corrected chi connectivity index (χ1v) is 14.2. The molecule has 11 heteroatoms. The average Bonchev–Trinajstić information content (AvgIpc) is 3.69. The van der Waals surface area contributed by atoms with E-state index in [1.807, 2.05) is 32.0 Å². The molecule has 1 fully saturated rings. The quantitative estimate of drug-likeness (QED) is 0.112. The number of anilines is 1. The first-order chi connectivity index (χ1) is 18.6. The summed E-state index contributed by atoms with van der Waals surface area (Å²) in [6.07, 6.45) is 3.25. The molecule has 0 spiro atoms. The van der Waals surface area contributed by atoms with Crippen molar-refractivity contribution in [1.82, 2.24) is 4.98 Å². The number of thiophene rings is 1. The van der Waals surface area contributed by atoms with Crippen molar-refractivity contribution in [3.63, 3.8) is 0 Å². The number of azo groups is 2. The molecule has 0 aliphatic carbocycles. The van der Waals surface area contributed by atoms with Gasteiger partial charge < -0.3 is 14.4 Å². The number of ether oxygens (including phenoxy) is 2. The second-order valence-corrected chi connectivity index (χ2v) is 10.9. The van der Waals surface area contributed by atoms with Crippen LogP contribution in [0.5, 0.6) is 5.75 Å². The summed E-state index contributed by atoms with van der Waals surface area (Å²) in [7, 11) is 0. The van der Waals surface area contributed by atoms with E-state index in [1.54, 1.807) is 24.3 Å². The summed E-state index contributed by atoms with van der Waals surface area (Å²) in [5.74, 6) is 0.189. The summed E-state index contributed by atoms with van der Waals surface area (Å²) in [5, 5.41) is 18.7. The van der Waals surface area contributed by atoms with E-state index in [4.69, 9.17) is 9.47 Å². The van der Waals surface area contributed by atoms with Crippen LogP contribution >= 0.6 is 22.7 Å². The lowest BCUT2D eigenvalue weighted by Gasteiger charge is -2.17. The fraction of sp³-hybridized carbons (Fsp3) is 0.333. The van der Waals surface area contributed by atoms with Crippen molar-refractivity contribution in [3.05, 3.63) is 54.6 Å². The van der Waals surface area contributed by atoms with Gasteiger partial charge in [0.2, 0.25) is 11.9 Å². The Hall–Kier alpha value is -3.70. The van der Waals surface area contributed by atoms with Crippen molar-refractivity contribution in [2.75, 3.05) is 24.8 Å². The van der Waals surface area contributed by atoms with Crippen LogP contribution < -0.4 is 9.64 Å². The van der Waals surface area contributed by atoms with Crippen molar-refractivity contribution in [2.24, 2.45) is 26.4 Å². The number of hydrogen-bond acceptors (Lipinski definition) is 11. The number of thiazole rings is 1. The number of fused-ring (bicyclic) bond motifs is 1. The molecule has 2 aromatic heterocycles. The van der Waals surface area contributed by atoms with Crippen LogP contribution in [0, 0.1) is 5.92 Å². The lowest BCUT2D eigenvalue weighted by atomic mass is 10.1. The highest BCUT2D eigenvalue weighted by atomic mass is 32.1. The highest BCUT2D eigenvalue weighted by molar-refractivity contribution is 7.30. The third-order valence-corrected chi connectivity index (χ3v) is 8.11. The molecule has 9 nitrogen and oxygen atoms in total. The Kier molecular flexibility index (Phi) is 8.34. The van der Waals surface area contributed by atoms with Crippen LogP contribution in [-0.2, 0) is 9.53 Å². The molecule has 196 valence electrons. The number of rotatable bonds is 10. The van der Waals surface area contributed by atoms with Crippen LogP contribution in [0.1, 0.15) is 33.1 Å². The smallest absolute Gasteiger partial charge is 0.311 e. The molecule has 38 heavy (non-hydrogen) atoms. The fourth-order valence-electron chi connectivity index (χ4n) is 3.79. The SMILES string of the molecule is CCC(C)C(=O)OCOc1ccc(N=Nc2cc3sc(N=Nc4ccc(N5CCCC5)cc4)nc3s2)cc1. The minimum Gasteiger partial charge on any atom is -0.457 e. The molecule has 0 amide bonds. The minimum absolute atomic E-state index is 0.116. The first-order valence-electron chi connectivity index (χ1n) is 12.6. The highest BCUT2D eigenvalue weighted by Gasteiger charge is 2.13. The van der Waals surface area contributed by atoms with Gasteiger partial charge in [-0.1, -0.05) is 36.5 Å². The maximum Gasteiger partial charge on any atom is 0.311 e. The Morgan fingerprint density at radius 1 is 0.974 bits per heavy atom. The number of hydrogen-bond donors (Lipinski definition) is 0. The number of nitrogens with zero attached hydrogens (tertiary/aromatic N) is 6. The molecule has 5 rings (SSSR count). The molecular weight excluding hydrogens is 520 g/mol. The average molecular weight is 549 g/mol. The zero-order chi connectivity index (χ0) is 26.3. The molecule has 1 aliphatic heterocycles. The van der Waals surface area contributed by atoms with Crippen molar-refractivity contribution in [1.29, 1.82) is 0 Å². The first kappa shape index (κ1) is 25.9. The minimum atomic E-state index is -0.263. The topological polar surface area (TPSA) is 101 Å². The Morgan fingerprint density at radius 3 is 2.34 bits per heavy atom. The van der Waals surface area contributed by atoms with Crippen LogP contribution in [0.15, 0.2) is 75.1 Å². The number of carbonyl (C=O) groups is 1. The van der Waals surface area contributed by atoms with Gasteiger partial charge in [-0.15, -0.1) is 20.5 Å². The van der Waals surface area contributed by atoms with E-state index in [2.05, 4.69) is 42.5 Å². The Labute approximate surface area is 228 Å². The van der Waals surface area contributed by atoms with Gasteiger partial charge in [-0.2, -0.15) is 0 Å². The van der Waals surface area contributed by atoms with Gasteiger partial charge in [-0.25, -0.2) is 4.98 Å². The zero-order valence-electron chi connectivity index (χ0n) is 21.2. The lowest BCUT2D eigenvalue weighted by Crippen LogP contribution is -2.17. The summed E-state index contributed by atoms with van der Waals surface area (Å²) in [5.41, 5.74) is 2.73. The second kappa shape index (κ2) is 12.2. The molecule has 1 atom stereocenters. The van der Waals surface area contributed by atoms with Crippen molar-refractivity contribution < 1.29 is 14.3 Å². The van der Waals surface area contributed by atoms with Gasteiger partial charge in [0.05, 0.1) is 22.0 Å². The molecule has 1 aliphatic rings. The maximum atomic E-state index is 11.7. The van der Waals surface area contributed by atoms with Gasteiger partial charge in [-0.3, -0.25) is 4.79 Å². The summed E-state index contributed by atoms with van der Waals surface area (Å²) >= 11 is 2.93. The Morgan fingerprint density at radius 2 is 1.66 bits per heavy atom. The van der Waals surface area contributed by atoms with E-state index in [0.29, 0.717) is 16.6 Å².